The maximum absolute atomic E-state index is 11.6. The van der Waals surface area contributed by atoms with Gasteiger partial charge in [0.1, 0.15) is 16.9 Å². The van der Waals surface area contributed by atoms with Gasteiger partial charge in [0.25, 0.3) is 5.88 Å². The first-order valence-corrected chi connectivity index (χ1v) is 10.9. The lowest BCUT2D eigenvalue weighted by Gasteiger charge is -2.22. The minimum Gasteiger partial charge on any atom is -0.491 e. The molecule has 1 aliphatic rings. The van der Waals surface area contributed by atoms with Gasteiger partial charge in [-0.15, -0.1) is 5.10 Å². The van der Waals surface area contributed by atoms with E-state index in [1.165, 1.54) is 19.3 Å². The molecule has 1 aliphatic carbocycles. The summed E-state index contributed by atoms with van der Waals surface area (Å²) in [6.07, 6.45) is 7.42. The van der Waals surface area contributed by atoms with Crippen LogP contribution in [0.5, 0.6) is 5.88 Å². The Balaban J connectivity index is 1.52. The van der Waals surface area contributed by atoms with E-state index < -0.39 is 5.97 Å². The molecule has 0 spiro atoms. The molecule has 7 nitrogen and oxygen atoms in total. The molecular weight excluding hydrogens is 404 g/mol. The Kier molecular flexibility index (Phi) is 5.31. The van der Waals surface area contributed by atoms with Crippen LogP contribution in [0.15, 0.2) is 54.7 Å². The molecular formula is C25H24N4O3. The number of hydrogen-bond acceptors (Lipinski definition) is 5. The van der Waals surface area contributed by atoms with Gasteiger partial charge in [-0.1, -0.05) is 61.7 Å². The van der Waals surface area contributed by atoms with Gasteiger partial charge in [-0.2, -0.15) is 5.10 Å². The van der Waals surface area contributed by atoms with Crippen molar-refractivity contribution < 1.29 is 15.0 Å². The molecule has 162 valence electrons. The molecule has 1 fully saturated rings. The van der Waals surface area contributed by atoms with Crippen molar-refractivity contribution >= 4 is 17.0 Å². The first kappa shape index (κ1) is 20.2. The van der Waals surface area contributed by atoms with Crippen LogP contribution in [-0.4, -0.2) is 35.9 Å². The van der Waals surface area contributed by atoms with Gasteiger partial charge in [-0.3, -0.25) is 0 Å². The summed E-state index contributed by atoms with van der Waals surface area (Å²) >= 11 is 0. The predicted octanol–water partition coefficient (Wildman–Crippen LogP) is 4.99. The number of aromatic nitrogens is 4. The molecule has 1 saturated carbocycles. The second-order valence-electron chi connectivity index (χ2n) is 8.34. The summed E-state index contributed by atoms with van der Waals surface area (Å²) in [7, 11) is 0. The molecule has 0 bridgehead atoms. The minimum absolute atomic E-state index is 0.107. The van der Waals surface area contributed by atoms with Crippen LogP contribution in [0.3, 0.4) is 0 Å². The zero-order chi connectivity index (χ0) is 22.1. The molecule has 0 radical (unpaired) electrons. The normalized spacial score (nSPS) is 14.6. The molecule has 0 amide bonds. The van der Waals surface area contributed by atoms with E-state index in [1.807, 2.05) is 36.4 Å². The molecule has 4 aromatic rings. The molecule has 0 unspecified atom stereocenters. The van der Waals surface area contributed by atoms with Crippen molar-refractivity contribution in [3.8, 4) is 17.0 Å². The molecule has 32 heavy (non-hydrogen) atoms. The lowest BCUT2D eigenvalue weighted by atomic mass is 9.88. The minimum atomic E-state index is -0.941. The second-order valence-corrected chi connectivity index (χ2v) is 8.34. The van der Waals surface area contributed by atoms with Crippen molar-refractivity contribution in [1.29, 1.82) is 0 Å². The molecule has 2 aromatic carbocycles. The van der Waals surface area contributed by atoms with Gasteiger partial charge in [-0.25, -0.2) is 9.78 Å². The number of hydrogen-bond donors (Lipinski definition) is 2. The lowest BCUT2D eigenvalue weighted by Crippen LogP contribution is -2.13. The monoisotopic (exact) mass is 428 g/mol. The highest BCUT2D eigenvalue weighted by Crippen LogP contribution is 2.35. The van der Waals surface area contributed by atoms with Gasteiger partial charge >= 0.3 is 5.97 Å². The van der Waals surface area contributed by atoms with E-state index in [2.05, 4.69) is 14.8 Å². The number of nitrogens with zero attached hydrogens (tertiary/aromatic N) is 4. The molecule has 2 heterocycles. The third kappa shape index (κ3) is 3.70. The van der Waals surface area contributed by atoms with E-state index in [0.29, 0.717) is 29.1 Å². The van der Waals surface area contributed by atoms with Gasteiger partial charge in [0, 0.05) is 12.5 Å². The van der Waals surface area contributed by atoms with Crippen LogP contribution in [-0.2, 0) is 6.54 Å². The first-order valence-electron chi connectivity index (χ1n) is 10.9. The van der Waals surface area contributed by atoms with Crippen LogP contribution < -0.4 is 0 Å². The van der Waals surface area contributed by atoms with E-state index in [-0.39, 0.29) is 11.4 Å². The molecule has 0 atom stereocenters. The lowest BCUT2D eigenvalue weighted by molar-refractivity contribution is 0.0697. The van der Waals surface area contributed by atoms with Gasteiger partial charge in [-0.05, 0) is 35.6 Å². The van der Waals surface area contributed by atoms with E-state index in [9.17, 15) is 15.0 Å². The number of aromatic carboxylic acids is 1. The maximum atomic E-state index is 11.6. The summed E-state index contributed by atoms with van der Waals surface area (Å²) in [5, 5.41) is 27.6. The Morgan fingerprint density at radius 2 is 1.78 bits per heavy atom. The van der Waals surface area contributed by atoms with Crippen molar-refractivity contribution in [3.05, 3.63) is 71.7 Å². The van der Waals surface area contributed by atoms with E-state index >= 15 is 0 Å². The van der Waals surface area contributed by atoms with Crippen molar-refractivity contribution in [2.45, 2.75) is 44.6 Å². The number of fused-ring (bicyclic) bond motifs is 1. The van der Waals surface area contributed by atoms with Crippen LogP contribution >= 0.6 is 0 Å². The number of imidazole rings is 1. The third-order valence-corrected chi connectivity index (χ3v) is 6.30. The Labute approximate surface area is 185 Å². The van der Waals surface area contributed by atoms with Crippen molar-refractivity contribution in [1.82, 2.24) is 19.7 Å². The highest BCUT2D eigenvalue weighted by Gasteiger charge is 2.24. The number of carboxylic acid groups (broad SMARTS) is 1. The Morgan fingerprint density at radius 1 is 1.03 bits per heavy atom. The molecule has 2 N–H and O–H groups in total. The van der Waals surface area contributed by atoms with Gasteiger partial charge < -0.3 is 14.8 Å². The topological polar surface area (TPSA) is 101 Å². The van der Waals surface area contributed by atoms with Gasteiger partial charge in [0.05, 0.1) is 11.8 Å². The molecule has 5 rings (SSSR count). The smallest absolute Gasteiger partial charge is 0.336 e. The van der Waals surface area contributed by atoms with Crippen LogP contribution in [0.25, 0.3) is 22.2 Å². The fraction of sp³-hybridized carbons (Fsp3) is 0.280. The number of aromatic hydroxyl groups is 1. The zero-order valence-electron chi connectivity index (χ0n) is 17.6. The zero-order valence-corrected chi connectivity index (χ0v) is 17.6. The van der Waals surface area contributed by atoms with E-state index in [4.69, 9.17) is 4.98 Å². The average Bonchev–Trinajstić information content (AvgIpc) is 3.20. The average molecular weight is 428 g/mol. The largest absolute Gasteiger partial charge is 0.491 e. The third-order valence-electron chi connectivity index (χ3n) is 6.30. The predicted molar refractivity (Wildman–Crippen MR) is 121 cm³/mol. The van der Waals surface area contributed by atoms with Crippen molar-refractivity contribution in [3.63, 3.8) is 0 Å². The molecule has 0 aliphatic heterocycles. The van der Waals surface area contributed by atoms with Crippen LogP contribution in [0.4, 0.5) is 0 Å². The first-order chi connectivity index (χ1) is 15.6. The SMILES string of the molecule is O=C(O)c1ccccc1-c1ccc(Cn2c(C3CCCCC3)nc3cnnc(O)c32)cc1. The number of carbonyl (C=O) groups is 1. The quantitative estimate of drug-likeness (QED) is 0.464. The molecule has 2 aromatic heterocycles. The van der Waals surface area contributed by atoms with E-state index in [0.717, 1.165) is 29.8 Å². The molecule has 0 saturated heterocycles. The van der Waals surface area contributed by atoms with E-state index in [1.54, 1.807) is 18.3 Å². The van der Waals surface area contributed by atoms with Crippen LogP contribution in [0, 0.1) is 0 Å². The highest BCUT2D eigenvalue weighted by molar-refractivity contribution is 5.96. The second kappa shape index (κ2) is 8.42. The van der Waals surface area contributed by atoms with Crippen LogP contribution in [0.2, 0.25) is 0 Å². The number of benzene rings is 2. The van der Waals surface area contributed by atoms with Crippen molar-refractivity contribution in [2.24, 2.45) is 0 Å². The fourth-order valence-corrected chi connectivity index (χ4v) is 4.73. The summed E-state index contributed by atoms with van der Waals surface area (Å²) in [5.74, 6) is 0.287. The number of rotatable bonds is 5. The summed E-state index contributed by atoms with van der Waals surface area (Å²) in [6, 6.07) is 14.9. The van der Waals surface area contributed by atoms with Gasteiger partial charge in [0.15, 0.2) is 0 Å². The molecule has 7 heteroatoms. The summed E-state index contributed by atoms with van der Waals surface area (Å²) < 4.78 is 2.07. The van der Waals surface area contributed by atoms with Crippen molar-refractivity contribution in [2.75, 3.05) is 0 Å². The summed E-state index contributed by atoms with van der Waals surface area (Å²) in [4.78, 5) is 16.4. The summed E-state index contributed by atoms with van der Waals surface area (Å²) in [6.45, 7) is 0.544. The Hall–Kier alpha value is -3.74. The standard InChI is InChI=1S/C25H24N4O3/c30-24-22-21(14-26-28-24)27-23(18-6-2-1-3-7-18)29(22)15-16-10-12-17(13-11-16)19-8-4-5-9-20(19)25(31)32/h4-5,8-14,18H,1-3,6-7,15H2,(H,28,30)(H,31,32). The Bertz CT molecular complexity index is 1270. The fourth-order valence-electron chi connectivity index (χ4n) is 4.73. The summed E-state index contributed by atoms with van der Waals surface area (Å²) in [5.41, 5.74) is 4.13. The van der Waals surface area contributed by atoms with Gasteiger partial charge in [0.2, 0.25) is 0 Å². The Morgan fingerprint density at radius 3 is 2.53 bits per heavy atom. The number of carboxylic acids is 1. The maximum Gasteiger partial charge on any atom is 0.336 e. The van der Waals surface area contributed by atoms with Crippen LogP contribution in [0.1, 0.15) is 59.8 Å². The highest BCUT2D eigenvalue weighted by atomic mass is 16.4.